The molecule has 3 heteroatoms. The number of benzene rings is 2. The Kier molecular flexibility index (Phi) is 10.8. The van der Waals surface area contributed by atoms with Crippen LogP contribution in [0.4, 0.5) is 0 Å². The molecule has 3 aromatic carbocycles. The maximum absolute atomic E-state index is 3.16. The molecule has 0 saturated carbocycles. The van der Waals surface area contributed by atoms with Crippen molar-refractivity contribution >= 4 is 35.9 Å². The fourth-order valence-electron chi connectivity index (χ4n) is 6.14. The third-order valence-corrected chi connectivity index (χ3v) is 7.94. The Morgan fingerprint density at radius 3 is 1.50 bits per heavy atom. The minimum absolute atomic E-state index is 0. The first kappa shape index (κ1) is 34.8. The molecule has 3 aliphatic carbocycles. The summed E-state index contributed by atoms with van der Waals surface area (Å²) in [5, 5.41) is 5.57. The molecule has 0 bridgehead atoms. The van der Waals surface area contributed by atoms with Gasteiger partial charge in [-0.15, -0.1) is 46.2 Å². The molecule has 6 rings (SSSR count). The maximum Gasteiger partial charge on any atom is -1.00 e. The van der Waals surface area contributed by atoms with Gasteiger partial charge >= 0.3 is 41.3 Å². The Morgan fingerprint density at radius 2 is 1.20 bits per heavy atom. The van der Waals surface area contributed by atoms with E-state index < -0.39 is 0 Å². The van der Waals surface area contributed by atoms with Gasteiger partial charge in [-0.1, -0.05) is 89.3 Å². The van der Waals surface area contributed by atoms with E-state index in [0.717, 1.165) is 6.42 Å². The van der Waals surface area contributed by atoms with Crippen LogP contribution in [0.3, 0.4) is 0 Å². The van der Waals surface area contributed by atoms with Gasteiger partial charge in [-0.2, -0.15) is 11.6 Å². The monoisotopic (exact) mass is 648 g/mol. The Labute approximate surface area is 270 Å². The summed E-state index contributed by atoms with van der Waals surface area (Å²) in [6.07, 6.45) is 13.3. The quantitative estimate of drug-likeness (QED) is 0.313. The van der Waals surface area contributed by atoms with Crippen molar-refractivity contribution in [3.63, 3.8) is 0 Å². The minimum atomic E-state index is 0. The van der Waals surface area contributed by atoms with Gasteiger partial charge in [-0.3, -0.25) is 6.08 Å². The van der Waals surface area contributed by atoms with Crippen molar-refractivity contribution in [1.29, 1.82) is 0 Å². The first-order chi connectivity index (χ1) is 17.5. The first-order valence-corrected chi connectivity index (χ1v) is 15.1. The molecule has 3 aliphatic rings. The predicted octanol–water partition coefficient (Wildman–Crippen LogP) is 4.58. The molecule has 0 fully saturated rings. The number of allylic oxidation sites excluding steroid dienone is 8. The predicted molar refractivity (Wildman–Crippen MR) is 167 cm³/mol. The van der Waals surface area contributed by atoms with Crippen molar-refractivity contribution in [2.75, 3.05) is 0 Å². The van der Waals surface area contributed by atoms with Crippen LogP contribution in [-0.2, 0) is 35.1 Å². The number of rotatable bonds is 0. The van der Waals surface area contributed by atoms with Gasteiger partial charge < -0.3 is 24.8 Å². The molecular weight excluding hydrogens is 607 g/mol. The maximum atomic E-state index is 3.16. The summed E-state index contributed by atoms with van der Waals surface area (Å²) in [6.45, 7) is 24.7. The van der Waals surface area contributed by atoms with E-state index in [1.807, 2.05) is 0 Å². The van der Waals surface area contributed by atoms with Crippen molar-refractivity contribution in [2.45, 2.75) is 93.4 Å². The second-order valence-electron chi connectivity index (χ2n) is 13.7. The minimum Gasteiger partial charge on any atom is -1.00 e. The first-order valence-electron chi connectivity index (χ1n) is 13.9. The van der Waals surface area contributed by atoms with E-state index in [1.54, 1.807) is 24.2 Å². The summed E-state index contributed by atoms with van der Waals surface area (Å²) >= 11 is 1.55. The Morgan fingerprint density at radius 1 is 0.800 bits per heavy atom. The molecule has 3 aromatic rings. The standard InChI is InChI=1S/C25H25.C9H13.C3H6.2ClH.Zr/c1-14-12-24(3,4)22-8-16-7-17-9-23-19(15(2)13-25(23,5)6)11-21(17)20(16)10-18(14)22;1-9(2,3)8-6-4-5-7-8;1-3-2;;;/h7-13H,1-6H3;6-7H,4H2,1-3H3;1-2H3;2*1H;/q2*-1;;;;+2/p-2. The fourth-order valence-corrected chi connectivity index (χ4v) is 6.14. The SMILES string of the molecule is CC(C)(C)C1=CC[C-]=C1.CC1=CC(C)(C)c2cc3[cH-]c4cc5c(cc4c3cc21)C(C)=CC5(C)C.C[C](C)=[Zr+2].[Cl-].[Cl-]. The summed E-state index contributed by atoms with van der Waals surface area (Å²) < 4.78 is 1.51. The van der Waals surface area contributed by atoms with Crippen LogP contribution in [0.1, 0.15) is 105 Å². The van der Waals surface area contributed by atoms with E-state index in [9.17, 15) is 0 Å². The molecular formula is C37H44Cl2Zr-2. The third-order valence-electron chi connectivity index (χ3n) is 7.94. The van der Waals surface area contributed by atoms with E-state index in [0.29, 0.717) is 5.41 Å². The third kappa shape index (κ3) is 6.97. The zero-order chi connectivity index (χ0) is 28.2. The van der Waals surface area contributed by atoms with Gasteiger partial charge in [0.2, 0.25) is 0 Å². The molecule has 0 N–H and O–H groups in total. The van der Waals surface area contributed by atoms with E-state index in [4.69, 9.17) is 0 Å². The number of fused-ring (bicyclic) bond motifs is 5. The summed E-state index contributed by atoms with van der Waals surface area (Å²) in [4.78, 5) is 0. The number of halogens is 2. The number of hydrogen-bond donors (Lipinski definition) is 0. The Balaban J connectivity index is 0.000000315. The average Bonchev–Trinajstić information content (AvgIpc) is 3.52. The van der Waals surface area contributed by atoms with Gasteiger partial charge in [-0.25, -0.2) is 6.08 Å². The van der Waals surface area contributed by atoms with Crippen LogP contribution in [0.2, 0.25) is 0 Å². The molecule has 0 radical (unpaired) electrons. The van der Waals surface area contributed by atoms with Crippen LogP contribution < -0.4 is 24.8 Å². The van der Waals surface area contributed by atoms with Crippen LogP contribution in [-0.4, -0.2) is 3.21 Å². The van der Waals surface area contributed by atoms with Crippen molar-refractivity contribution in [3.05, 3.63) is 88.5 Å². The summed E-state index contributed by atoms with van der Waals surface area (Å²) in [5.74, 6) is 0. The van der Waals surface area contributed by atoms with Crippen molar-refractivity contribution in [1.82, 2.24) is 0 Å². The zero-order valence-corrected chi connectivity index (χ0v) is 30.1. The molecule has 0 heterocycles. The Hall–Kier alpha value is -1.40. The average molecular weight is 651 g/mol. The van der Waals surface area contributed by atoms with Crippen LogP contribution in [0.5, 0.6) is 0 Å². The number of hydrogen-bond acceptors (Lipinski definition) is 0. The molecule has 0 aliphatic heterocycles. The topological polar surface area (TPSA) is 0 Å². The molecule has 40 heavy (non-hydrogen) atoms. The van der Waals surface area contributed by atoms with Crippen molar-refractivity contribution in [3.8, 4) is 0 Å². The zero-order valence-electron chi connectivity index (χ0n) is 26.2. The van der Waals surface area contributed by atoms with Crippen molar-refractivity contribution < 1.29 is 49.0 Å². The molecule has 0 nitrogen and oxygen atoms in total. The molecule has 0 spiro atoms. The van der Waals surface area contributed by atoms with Gasteiger partial charge in [0.15, 0.2) is 0 Å². The van der Waals surface area contributed by atoms with Crippen LogP contribution in [0, 0.1) is 11.5 Å². The van der Waals surface area contributed by atoms with Gasteiger partial charge in [0.05, 0.1) is 0 Å². The summed E-state index contributed by atoms with van der Waals surface area (Å²) in [7, 11) is 0. The smallest absolute Gasteiger partial charge is 1.00 e. The van der Waals surface area contributed by atoms with Crippen LogP contribution >= 0.6 is 0 Å². The molecule has 0 unspecified atom stereocenters. The normalized spacial score (nSPS) is 17.3. The summed E-state index contributed by atoms with van der Waals surface area (Å²) in [6, 6.07) is 12.1. The van der Waals surface area contributed by atoms with Gasteiger partial charge in [0.1, 0.15) is 0 Å². The van der Waals surface area contributed by atoms with E-state index >= 15 is 0 Å². The molecule has 0 atom stereocenters. The fraction of sp³-hybridized carbons (Fsp3) is 0.405. The largest absolute Gasteiger partial charge is 1.00 e. The molecule has 0 aromatic heterocycles. The molecule has 212 valence electrons. The summed E-state index contributed by atoms with van der Waals surface area (Å²) in [5.41, 5.74) is 10.6. The Bertz CT molecular complexity index is 1460. The second-order valence-corrected chi connectivity index (χ2v) is 16.1. The van der Waals surface area contributed by atoms with Gasteiger partial charge in [0.25, 0.3) is 0 Å². The van der Waals surface area contributed by atoms with E-state index in [-0.39, 0.29) is 35.6 Å². The molecule has 0 amide bonds. The van der Waals surface area contributed by atoms with Gasteiger partial charge in [-0.05, 0) is 36.1 Å². The van der Waals surface area contributed by atoms with Crippen LogP contribution in [0.25, 0.3) is 32.7 Å². The molecule has 0 saturated heterocycles. The van der Waals surface area contributed by atoms with Crippen molar-refractivity contribution in [2.24, 2.45) is 5.41 Å². The van der Waals surface area contributed by atoms with Gasteiger partial charge in [0, 0.05) is 10.8 Å². The van der Waals surface area contributed by atoms with E-state index in [1.165, 1.54) is 63.7 Å². The van der Waals surface area contributed by atoms with E-state index in [2.05, 4.69) is 137 Å². The second kappa shape index (κ2) is 12.5. The van der Waals surface area contributed by atoms with Crippen LogP contribution in [0.15, 0.2) is 60.2 Å².